The van der Waals surface area contributed by atoms with Crippen LogP contribution in [-0.2, 0) is 26.2 Å². The van der Waals surface area contributed by atoms with E-state index in [4.69, 9.17) is 25.3 Å². The van der Waals surface area contributed by atoms with Crippen LogP contribution in [0.5, 0.6) is 0 Å². The topological polar surface area (TPSA) is 112 Å². The third kappa shape index (κ3) is 4.76. The van der Waals surface area contributed by atoms with E-state index in [9.17, 15) is 13.2 Å². The summed E-state index contributed by atoms with van der Waals surface area (Å²) in [7, 11) is -3.92. The number of benzene rings is 1. The molecule has 142 valence electrons. The molecule has 0 fully saturated rings. The van der Waals surface area contributed by atoms with Crippen molar-refractivity contribution < 1.29 is 26.9 Å². The van der Waals surface area contributed by atoms with Gasteiger partial charge in [-0.1, -0.05) is 22.8 Å². The summed E-state index contributed by atoms with van der Waals surface area (Å²) in [6.45, 7) is 1.20. The zero-order valence-electron chi connectivity index (χ0n) is 14.1. The molecule has 0 unspecified atom stereocenters. The van der Waals surface area contributed by atoms with E-state index in [0.29, 0.717) is 17.2 Å². The minimum Gasteiger partial charge on any atom is -0.461 e. The molecule has 0 aliphatic heterocycles. The second-order valence-corrected chi connectivity index (χ2v) is 7.72. The smallest absolute Gasteiger partial charge is 0.324 e. The molecule has 0 bridgehead atoms. The third-order valence-electron chi connectivity index (χ3n) is 3.48. The summed E-state index contributed by atoms with van der Waals surface area (Å²) in [6, 6.07) is 9.56. The van der Waals surface area contributed by atoms with E-state index in [0.717, 1.165) is 0 Å². The second kappa shape index (κ2) is 7.95. The van der Waals surface area contributed by atoms with Crippen molar-refractivity contribution in [3.63, 3.8) is 0 Å². The fourth-order valence-electron chi connectivity index (χ4n) is 2.17. The van der Waals surface area contributed by atoms with Crippen molar-refractivity contribution in [1.29, 1.82) is 0 Å². The molecule has 0 aliphatic carbocycles. The van der Waals surface area contributed by atoms with Crippen LogP contribution in [0.1, 0.15) is 12.6 Å². The minimum atomic E-state index is -3.92. The molecule has 0 radical (unpaired) electrons. The first-order valence-electron chi connectivity index (χ1n) is 7.79. The Morgan fingerprint density at radius 1 is 1.26 bits per heavy atom. The number of halogens is 1. The van der Waals surface area contributed by atoms with Gasteiger partial charge in [-0.05, 0) is 37.3 Å². The first-order valence-corrected chi connectivity index (χ1v) is 9.65. The van der Waals surface area contributed by atoms with Gasteiger partial charge in [-0.2, -0.15) is 4.72 Å². The monoisotopic (exact) mass is 410 g/mol. The van der Waals surface area contributed by atoms with E-state index in [1.807, 2.05) is 0 Å². The molecule has 3 aromatic rings. The normalized spacial score (nSPS) is 12.7. The van der Waals surface area contributed by atoms with Crippen molar-refractivity contribution in [2.75, 3.05) is 0 Å². The molecule has 2 aromatic heterocycles. The third-order valence-corrected chi connectivity index (χ3v) is 5.25. The molecule has 27 heavy (non-hydrogen) atoms. The van der Waals surface area contributed by atoms with Crippen molar-refractivity contribution in [3.8, 4) is 11.5 Å². The van der Waals surface area contributed by atoms with Crippen molar-refractivity contribution in [2.45, 2.75) is 24.5 Å². The number of rotatable bonds is 7. The van der Waals surface area contributed by atoms with Gasteiger partial charge >= 0.3 is 5.97 Å². The van der Waals surface area contributed by atoms with Crippen LogP contribution in [0, 0.1) is 0 Å². The van der Waals surface area contributed by atoms with Gasteiger partial charge in [-0.3, -0.25) is 4.79 Å². The fourth-order valence-corrected chi connectivity index (χ4v) is 3.66. The van der Waals surface area contributed by atoms with Gasteiger partial charge in [-0.15, -0.1) is 0 Å². The van der Waals surface area contributed by atoms with Gasteiger partial charge in [-0.25, -0.2) is 8.42 Å². The van der Waals surface area contributed by atoms with Gasteiger partial charge in [0.1, 0.15) is 18.3 Å². The first kappa shape index (κ1) is 19.2. The number of nitrogens with zero attached hydrogens (tertiary/aromatic N) is 1. The average molecular weight is 411 g/mol. The van der Waals surface area contributed by atoms with Crippen LogP contribution in [0.3, 0.4) is 0 Å². The molecule has 3 rings (SSSR count). The molecule has 1 N–H and O–H groups in total. The molecule has 0 amide bonds. The van der Waals surface area contributed by atoms with Crippen molar-refractivity contribution >= 4 is 27.6 Å². The van der Waals surface area contributed by atoms with E-state index in [1.165, 1.54) is 31.4 Å². The van der Waals surface area contributed by atoms with Crippen LogP contribution in [0.4, 0.5) is 0 Å². The van der Waals surface area contributed by atoms with Gasteiger partial charge < -0.3 is 13.7 Å². The summed E-state index contributed by atoms with van der Waals surface area (Å²) in [5.74, 6) is 0.117. The lowest BCUT2D eigenvalue weighted by atomic mass is 10.3. The lowest BCUT2D eigenvalue weighted by Crippen LogP contribution is -2.39. The summed E-state index contributed by atoms with van der Waals surface area (Å²) in [5.41, 5.74) is 0.361. The molecular formula is C17H15ClN2O6S. The van der Waals surface area contributed by atoms with E-state index in [2.05, 4.69) is 9.88 Å². The van der Waals surface area contributed by atoms with E-state index < -0.39 is 22.0 Å². The quantitative estimate of drug-likeness (QED) is 0.596. The summed E-state index contributed by atoms with van der Waals surface area (Å²) >= 11 is 5.80. The zero-order valence-corrected chi connectivity index (χ0v) is 15.7. The van der Waals surface area contributed by atoms with Crippen LogP contribution in [0.15, 0.2) is 62.6 Å². The first-order chi connectivity index (χ1) is 12.8. The molecule has 0 spiro atoms. The predicted octanol–water partition coefficient (Wildman–Crippen LogP) is 3.00. The summed E-state index contributed by atoms with van der Waals surface area (Å²) in [4.78, 5) is 12.0. The predicted molar refractivity (Wildman–Crippen MR) is 95.2 cm³/mol. The fraction of sp³-hybridized carbons (Fsp3) is 0.176. The maximum absolute atomic E-state index is 12.3. The Morgan fingerprint density at radius 3 is 2.78 bits per heavy atom. The number of carbonyl (C=O) groups excluding carboxylic acids is 1. The van der Waals surface area contributed by atoms with Crippen molar-refractivity contribution in [2.24, 2.45) is 0 Å². The van der Waals surface area contributed by atoms with E-state index in [1.54, 1.807) is 24.3 Å². The number of hydrogen-bond acceptors (Lipinski definition) is 7. The minimum absolute atomic E-state index is 0.0470. The molecule has 2 heterocycles. The van der Waals surface area contributed by atoms with Gasteiger partial charge in [0.2, 0.25) is 15.8 Å². The Bertz CT molecular complexity index is 1030. The Morgan fingerprint density at radius 2 is 2.07 bits per heavy atom. The number of carbonyl (C=O) groups is 1. The number of nitrogens with one attached hydrogen (secondary N) is 1. The number of sulfonamides is 1. The lowest BCUT2D eigenvalue weighted by molar-refractivity contribution is -0.146. The molecule has 1 aromatic carbocycles. The standard InChI is InChI=1S/C17H15ClN2O6S/c1-11(20-27(22,23)14-5-2-4-12(18)8-14)17(21)25-10-13-9-16(26-19-13)15-6-3-7-24-15/h2-9,11,20H,10H2,1H3/t11-/m0/s1. The van der Waals surface area contributed by atoms with Crippen LogP contribution in [0.25, 0.3) is 11.5 Å². The molecule has 0 saturated heterocycles. The van der Waals surface area contributed by atoms with E-state index >= 15 is 0 Å². The molecule has 1 atom stereocenters. The number of aromatic nitrogens is 1. The molecular weight excluding hydrogens is 396 g/mol. The second-order valence-electron chi connectivity index (χ2n) is 5.57. The Balaban J connectivity index is 1.58. The Kier molecular flexibility index (Phi) is 5.64. The van der Waals surface area contributed by atoms with Gasteiger partial charge in [0.15, 0.2) is 5.76 Å². The Labute approximate surface area is 160 Å². The van der Waals surface area contributed by atoms with Crippen molar-refractivity contribution in [3.05, 3.63) is 59.4 Å². The summed E-state index contributed by atoms with van der Waals surface area (Å²) in [6.07, 6.45) is 1.49. The number of esters is 1. The molecule has 0 aliphatic rings. The summed E-state index contributed by atoms with van der Waals surface area (Å²) < 4.78 is 42.2. The summed E-state index contributed by atoms with van der Waals surface area (Å²) in [5, 5.41) is 4.04. The number of hydrogen-bond donors (Lipinski definition) is 1. The lowest BCUT2D eigenvalue weighted by Gasteiger charge is -2.13. The highest BCUT2D eigenvalue weighted by atomic mass is 35.5. The van der Waals surface area contributed by atoms with Crippen LogP contribution >= 0.6 is 11.6 Å². The van der Waals surface area contributed by atoms with Gasteiger partial charge in [0.25, 0.3) is 0 Å². The van der Waals surface area contributed by atoms with Crippen LogP contribution in [0.2, 0.25) is 5.02 Å². The van der Waals surface area contributed by atoms with Crippen LogP contribution in [-0.4, -0.2) is 25.6 Å². The number of furan rings is 1. The molecule has 10 heteroatoms. The van der Waals surface area contributed by atoms with E-state index in [-0.39, 0.29) is 16.5 Å². The SMILES string of the molecule is C[C@H](NS(=O)(=O)c1cccc(Cl)c1)C(=O)OCc1cc(-c2ccco2)on1. The van der Waals surface area contributed by atoms with Crippen molar-refractivity contribution in [1.82, 2.24) is 9.88 Å². The largest absolute Gasteiger partial charge is 0.461 e. The van der Waals surface area contributed by atoms with Gasteiger partial charge in [0.05, 0.1) is 11.2 Å². The maximum atomic E-state index is 12.3. The Hall–Kier alpha value is -2.62. The highest BCUT2D eigenvalue weighted by molar-refractivity contribution is 7.89. The van der Waals surface area contributed by atoms with Crippen LogP contribution < -0.4 is 4.72 Å². The average Bonchev–Trinajstić information content (AvgIpc) is 3.30. The highest BCUT2D eigenvalue weighted by Crippen LogP contribution is 2.21. The number of ether oxygens (including phenoxy) is 1. The molecule has 8 nitrogen and oxygen atoms in total. The zero-order chi connectivity index (χ0) is 19.4. The molecule has 0 saturated carbocycles. The maximum Gasteiger partial charge on any atom is 0.324 e. The highest BCUT2D eigenvalue weighted by Gasteiger charge is 2.23. The van der Waals surface area contributed by atoms with Gasteiger partial charge in [0, 0.05) is 11.1 Å².